The molecule has 2 heterocycles. The van der Waals surface area contributed by atoms with Gasteiger partial charge in [-0.25, -0.2) is 8.78 Å². The average Bonchev–Trinajstić information content (AvgIpc) is 3.30. The lowest BCUT2D eigenvalue weighted by Crippen LogP contribution is -2.49. The third-order valence-electron chi connectivity index (χ3n) is 7.59. The molecule has 2 aromatic rings. The van der Waals surface area contributed by atoms with Crippen LogP contribution in [0.1, 0.15) is 57.6 Å². The van der Waals surface area contributed by atoms with E-state index in [1.165, 1.54) is 37.3 Å². The fourth-order valence-electron chi connectivity index (χ4n) is 5.78. The standard InChI is InChI=1S/C28H33Cl2F2N3O4/c1-26(2,3)12-21-28(15-10-19(32)17(30)11-20(15)34-25(28)38)22(14-5-6-18(31)16(29)9-14)23(35-21)24(37)33-8-7-27(4,39)13-36/h5-6,9-11,21-23,35-36,39H,7-8,12-13H2,1-4H3,(H,33,37)(H,34,38)/t21-,22+,23-,27+,28+/m1/s1. The summed E-state index contributed by atoms with van der Waals surface area (Å²) in [5.74, 6) is -3.20. The van der Waals surface area contributed by atoms with Crippen molar-refractivity contribution in [1.82, 2.24) is 10.6 Å². The zero-order valence-electron chi connectivity index (χ0n) is 22.2. The van der Waals surface area contributed by atoms with Gasteiger partial charge >= 0.3 is 0 Å². The van der Waals surface area contributed by atoms with Crippen molar-refractivity contribution < 1.29 is 28.6 Å². The van der Waals surface area contributed by atoms with E-state index in [1.807, 2.05) is 20.8 Å². The van der Waals surface area contributed by atoms with Gasteiger partial charge in [-0.15, -0.1) is 0 Å². The molecule has 0 aliphatic carbocycles. The van der Waals surface area contributed by atoms with E-state index in [9.17, 15) is 28.6 Å². The lowest BCUT2D eigenvalue weighted by molar-refractivity contribution is -0.124. The summed E-state index contributed by atoms with van der Waals surface area (Å²) < 4.78 is 29.2. The highest BCUT2D eigenvalue weighted by atomic mass is 35.5. The molecule has 1 fully saturated rings. The molecule has 39 heavy (non-hydrogen) atoms. The fourth-order valence-corrected chi connectivity index (χ4v) is 6.14. The van der Waals surface area contributed by atoms with Crippen LogP contribution < -0.4 is 16.0 Å². The van der Waals surface area contributed by atoms with Gasteiger partial charge in [-0.3, -0.25) is 9.59 Å². The van der Waals surface area contributed by atoms with Crippen LogP contribution in [0, 0.1) is 17.0 Å². The summed E-state index contributed by atoms with van der Waals surface area (Å²) in [6, 6.07) is 4.97. The normalized spacial score (nSPS) is 25.9. The maximum absolute atomic E-state index is 14.9. The van der Waals surface area contributed by atoms with E-state index in [2.05, 4.69) is 16.0 Å². The number of fused-ring (bicyclic) bond motifs is 2. The van der Waals surface area contributed by atoms with Gasteiger partial charge in [0.25, 0.3) is 0 Å². The van der Waals surface area contributed by atoms with Crippen LogP contribution in [0.5, 0.6) is 0 Å². The Labute approximate surface area is 236 Å². The summed E-state index contributed by atoms with van der Waals surface area (Å²) in [5.41, 5.74) is -2.06. The predicted molar refractivity (Wildman–Crippen MR) is 146 cm³/mol. The number of halogens is 4. The summed E-state index contributed by atoms with van der Waals surface area (Å²) in [4.78, 5) is 27.7. The van der Waals surface area contributed by atoms with Crippen molar-refractivity contribution in [2.75, 3.05) is 18.5 Å². The summed E-state index contributed by atoms with van der Waals surface area (Å²) in [6.07, 6.45) is 0.511. The molecular weight excluding hydrogens is 551 g/mol. The van der Waals surface area contributed by atoms with Crippen molar-refractivity contribution in [3.05, 3.63) is 63.1 Å². The van der Waals surface area contributed by atoms with Crippen LogP contribution in [0.4, 0.5) is 14.5 Å². The number of nitrogens with one attached hydrogen (secondary N) is 3. The van der Waals surface area contributed by atoms with Crippen LogP contribution in [-0.4, -0.2) is 52.9 Å². The predicted octanol–water partition coefficient (Wildman–Crippen LogP) is 4.27. The molecule has 5 atom stereocenters. The van der Waals surface area contributed by atoms with E-state index in [0.29, 0.717) is 23.2 Å². The number of hydrogen-bond acceptors (Lipinski definition) is 5. The van der Waals surface area contributed by atoms with Crippen LogP contribution in [0.15, 0.2) is 30.3 Å². The zero-order valence-corrected chi connectivity index (χ0v) is 23.7. The lowest BCUT2D eigenvalue weighted by atomic mass is 9.62. The Balaban J connectivity index is 1.89. The van der Waals surface area contributed by atoms with E-state index in [0.717, 1.165) is 0 Å². The first kappa shape index (κ1) is 29.7. The highest BCUT2D eigenvalue weighted by Crippen LogP contribution is 2.57. The van der Waals surface area contributed by atoms with Crippen LogP contribution in [0.3, 0.4) is 0 Å². The van der Waals surface area contributed by atoms with Gasteiger partial charge in [0, 0.05) is 24.2 Å². The smallest absolute Gasteiger partial charge is 0.237 e. The van der Waals surface area contributed by atoms with Gasteiger partial charge in [0.2, 0.25) is 11.8 Å². The number of amides is 2. The number of anilines is 1. The molecule has 0 aromatic heterocycles. The number of rotatable bonds is 7. The van der Waals surface area contributed by atoms with Gasteiger partial charge in [-0.1, -0.05) is 50.0 Å². The van der Waals surface area contributed by atoms with Crippen LogP contribution in [-0.2, 0) is 15.0 Å². The molecule has 212 valence electrons. The lowest BCUT2D eigenvalue weighted by Gasteiger charge is -2.37. The Bertz CT molecular complexity index is 1300. The minimum atomic E-state index is -1.46. The molecular formula is C28H33Cl2F2N3O4. The molecule has 7 nitrogen and oxygen atoms in total. The minimum Gasteiger partial charge on any atom is -0.393 e. The highest BCUT2D eigenvalue weighted by Gasteiger charge is 2.66. The third-order valence-corrected chi connectivity index (χ3v) is 8.17. The molecule has 5 N–H and O–H groups in total. The summed E-state index contributed by atoms with van der Waals surface area (Å²) >= 11 is 12.2. The Hall–Kier alpha value is -2.30. The quantitative estimate of drug-likeness (QED) is 0.334. The van der Waals surface area contributed by atoms with Gasteiger partial charge in [0.15, 0.2) is 0 Å². The number of carbonyl (C=O) groups excluding carboxylic acids is 2. The number of hydrogen-bond donors (Lipinski definition) is 5. The molecule has 2 aliphatic rings. The summed E-state index contributed by atoms with van der Waals surface area (Å²) in [7, 11) is 0. The number of aliphatic hydroxyl groups excluding tert-OH is 1. The maximum Gasteiger partial charge on any atom is 0.237 e. The van der Waals surface area contributed by atoms with Crippen LogP contribution in [0.2, 0.25) is 10.0 Å². The number of carbonyl (C=O) groups is 2. The average molecular weight is 584 g/mol. The molecule has 2 aliphatic heterocycles. The number of aliphatic hydroxyl groups is 2. The van der Waals surface area contributed by atoms with Gasteiger partial charge in [0.1, 0.15) is 17.0 Å². The monoisotopic (exact) mass is 583 g/mol. The molecule has 1 spiro atoms. The maximum atomic E-state index is 14.9. The highest BCUT2D eigenvalue weighted by molar-refractivity contribution is 6.31. The van der Waals surface area contributed by atoms with Crippen molar-refractivity contribution in [2.45, 2.75) is 69.6 Å². The topological polar surface area (TPSA) is 111 Å². The summed E-state index contributed by atoms with van der Waals surface area (Å²) in [6.45, 7) is 6.99. The number of benzene rings is 2. The van der Waals surface area contributed by atoms with E-state index in [1.54, 1.807) is 0 Å². The second-order valence-electron chi connectivity index (χ2n) is 11.9. The molecule has 0 radical (unpaired) electrons. The van der Waals surface area contributed by atoms with Gasteiger partial charge in [-0.2, -0.15) is 0 Å². The largest absolute Gasteiger partial charge is 0.393 e. The second-order valence-corrected chi connectivity index (χ2v) is 12.8. The first-order valence-corrected chi connectivity index (χ1v) is 13.5. The van der Waals surface area contributed by atoms with E-state index < -0.39 is 59.1 Å². The summed E-state index contributed by atoms with van der Waals surface area (Å²) in [5, 5.41) is 28.1. The van der Waals surface area contributed by atoms with Crippen LogP contribution >= 0.6 is 23.2 Å². The zero-order chi connectivity index (χ0) is 28.9. The first-order chi connectivity index (χ1) is 18.1. The van der Waals surface area contributed by atoms with Crippen molar-refractivity contribution in [2.24, 2.45) is 5.41 Å². The Morgan fingerprint density at radius 1 is 1.10 bits per heavy atom. The van der Waals surface area contributed by atoms with Gasteiger partial charge in [-0.05, 0) is 60.6 Å². The van der Waals surface area contributed by atoms with E-state index >= 15 is 0 Å². The Kier molecular flexibility index (Phi) is 8.06. The second kappa shape index (κ2) is 10.6. The van der Waals surface area contributed by atoms with Crippen molar-refractivity contribution >= 4 is 40.7 Å². The molecule has 0 bridgehead atoms. The molecule has 2 amide bonds. The van der Waals surface area contributed by atoms with Crippen molar-refractivity contribution in [3.63, 3.8) is 0 Å². The fraction of sp³-hybridized carbons (Fsp3) is 0.500. The first-order valence-electron chi connectivity index (χ1n) is 12.7. The molecule has 0 saturated carbocycles. The van der Waals surface area contributed by atoms with E-state index in [4.69, 9.17) is 23.2 Å². The van der Waals surface area contributed by atoms with Crippen molar-refractivity contribution in [3.8, 4) is 0 Å². The minimum absolute atomic E-state index is 0.0470. The SMILES string of the molecule is CC(C)(C)C[C@H]1N[C@@H](C(=O)NCC[C@](C)(O)CO)[C@H](c2ccc(F)c(Cl)c2)[C@@]12C(=O)Nc1cc(Cl)c(F)cc12. The Morgan fingerprint density at radius 2 is 1.77 bits per heavy atom. The van der Waals surface area contributed by atoms with Gasteiger partial charge in [0.05, 0.1) is 28.3 Å². The molecule has 11 heteroatoms. The van der Waals surface area contributed by atoms with Crippen LogP contribution in [0.25, 0.3) is 0 Å². The van der Waals surface area contributed by atoms with Crippen molar-refractivity contribution in [1.29, 1.82) is 0 Å². The molecule has 0 unspecified atom stereocenters. The van der Waals surface area contributed by atoms with E-state index in [-0.39, 0.29) is 28.4 Å². The molecule has 2 aromatic carbocycles. The third kappa shape index (κ3) is 5.52. The Morgan fingerprint density at radius 3 is 2.38 bits per heavy atom. The molecule has 4 rings (SSSR count). The van der Waals surface area contributed by atoms with Gasteiger partial charge < -0.3 is 26.2 Å². The molecule has 1 saturated heterocycles.